The summed E-state index contributed by atoms with van der Waals surface area (Å²) in [5.74, 6) is 0. The summed E-state index contributed by atoms with van der Waals surface area (Å²) >= 11 is 0. The van der Waals surface area contributed by atoms with Crippen molar-refractivity contribution in [2.75, 3.05) is 0 Å². The van der Waals surface area contributed by atoms with Crippen molar-refractivity contribution >= 4 is 0 Å². The van der Waals surface area contributed by atoms with Crippen LogP contribution < -0.4 is 0 Å². The third-order valence-electron chi connectivity index (χ3n) is 0.869. The molecule has 0 saturated heterocycles. The van der Waals surface area contributed by atoms with Crippen LogP contribution in [-0.2, 0) is 16.8 Å². The Morgan fingerprint density at radius 1 is 1.23 bits per heavy atom. The SMILES string of the molecule is C=CC=C.[CH-]=C/C=C/CCC.[CH3-].[Co+2]. The van der Waals surface area contributed by atoms with Gasteiger partial charge >= 0.3 is 16.8 Å². The number of unbranched alkanes of at least 4 members (excludes halogenated alkanes) is 1. The molecule has 0 heterocycles. The summed E-state index contributed by atoms with van der Waals surface area (Å²) in [6, 6.07) is 0. The minimum Gasteiger partial charge on any atom is -0.358 e. The van der Waals surface area contributed by atoms with Crippen LogP contribution in [0.3, 0.4) is 0 Å². The molecule has 13 heavy (non-hydrogen) atoms. The Balaban J connectivity index is -0.0000000600. The Morgan fingerprint density at radius 2 is 1.69 bits per heavy atom. The molecule has 0 aromatic heterocycles. The zero-order valence-corrected chi connectivity index (χ0v) is 9.67. The zero-order valence-electron chi connectivity index (χ0n) is 8.63. The fourth-order valence-corrected chi connectivity index (χ4v) is 0.341. The molecular formula is C12H20Co. The second-order valence-corrected chi connectivity index (χ2v) is 1.88. The fraction of sp³-hybridized carbons (Fsp3) is 0.250. The molecule has 0 fully saturated rings. The third-order valence-corrected chi connectivity index (χ3v) is 0.869. The molecule has 0 N–H and O–H groups in total. The van der Waals surface area contributed by atoms with Gasteiger partial charge in [-0.2, -0.15) is 6.08 Å². The maximum Gasteiger partial charge on any atom is 2.00 e. The predicted molar refractivity (Wildman–Crippen MR) is 59.7 cm³/mol. The van der Waals surface area contributed by atoms with Crippen molar-refractivity contribution in [3.05, 3.63) is 57.5 Å². The number of hydrogen-bond acceptors (Lipinski definition) is 0. The van der Waals surface area contributed by atoms with Crippen molar-refractivity contribution < 1.29 is 16.8 Å². The first-order chi connectivity index (χ1) is 5.33. The van der Waals surface area contributed by atoms with Gasteiger partial charge < -0.3 is 7.43 Å². The van der Waals surface area contributed by atoms with Gasteiger partial charge in [0.15, 0.2) is 0 Å². The second-order valence-electron chi connectivity index (χ2n) is 1.88. The molecule has 77 valence electrons. The molecule has 0 unspecified atom stereocenters. The van der Waals surface area contributed by atoms with Gasteiger partial charge in [0, 0.05) is 0 Å². The van der Waals surface area contributed by atoms with Crippen LogP contribution >= 0.6 is 0 Å². The van der Waals surface area contributed by atoms with Gasteiger partial charge in [0.1, 0.15) is 0 Å². The fourth-order valence-electron chi connectivity index (χ4n) is 0.341. The van der Waals surface area contributed by atoms with Crippen molar-refractivity contribution in [3.8, 4) is 0 Å². The summed E-state index contributed by atoms with van der Waals surface area (Å²) in [6.07, 6.45) is 11.1. The molecule has 0 aliphatic rings. The van der Waals surface area contributed by atoms with E-state index in [2.05, 4.69) is 26.2 Å². The molecule has 0 bridgehead atoms. The largest absolute Gasteiger partial charge is 2.00 e. The zero-order chi connectivity index (χ0) is 8.95. The van der Waals surface area contributed by atoms with Crippen LogP contribution in [0.25, 0.3) is 0 Å². The van der Waals surface area contributed by atoms with Crippen LogP contribution in [-0.4, -0.2) is 0 Å². The first-order valence-corrected chi connectivity index (χ1v) is 3.77. The Bertz CT molecular complexity index is 117. The van der Waals surface area contributed by atoms with Crippen LogP contribution in [0.1, 0.15) is 19.8 Å². The van der Waals surface area contributed by atoms with E-state index < -0.39 is 0 Å². The van der Waals surface area contributed by atoms with E-state index in [0.717, 1.165) is 6.42 Å². The molecule has 0 aromatic rings. The molecule has 0 saturated carbocycles. The normalized spacial score (nSPS) is 6.85. The van der Waals surface area contributed by atoms with E-state index in [1.807, 2.05) is 6.08 Å². The topological polar surface area (TPSA) is 0 Å². The molecule has 1 heteroatoms. The van der Waals surface area contributed by atoms with Crippen LogP contribution in [0.2, 0.25) is 0 Å². The molecular weight excluding hydrogens is 203 g/mol. The standard InChI is InChI=1S/C7H11.C4H6.CH3.Co/c1-3-5-7-6-4-2;1-3-4-2;;/h1,3,5,7H,4,6H2,2H3;3-4H,1-2H2;1H3;/q-1;;-1;+2/b7-5+;;;. The third kappa shape index (κ3) is 51.5. The van der Waals surface area contributed by atoms with E-state index in [-0.39, 0.29) is 24.2 Å². The molecule has 0 aliphatic heterocycles. The minimum atomic E-state index is 0. The first-order valence-electron chi connectivity index (χ1n) is 3.77. The maximum absolute atomic E-state index is 5.06. The Hall–Kier alpha value is -0.534. The Morgan fingerprint density at radius 3 is 1.92 bits per heavy atom. The van der Waals surface area contributed by atoms with Crippen LogP contribution in [0.5, 0.6) is 0 Å². The maximum atomic E-state index is 5.06. The second kappa shape index (κ2) is 30.0. The average molecular weight is 223 g/mol. The van der Waals surface area contributed by atoms with Crippen LogP contribution in [0.15, 0.2) is 43.5 Å². The average Bonchev–Trinajstić information content (AvgIpc) is 2.06. The number of allylic oxidation sites excluding steroid dienone is 5. The van der Waals surface area contributed by atoms with Crippen molar-refractivity contribution in [1.82, 2.24) is 0 Å². The van der Waals surface area contributed by atoms with Crippen LogP contribution in [0, 0.1) is 14.0 Å². The number of rotatable bonds is 4. The minimum absolute atomic E-state index is 0. The molecule has 0 aliphatic carbocycles. The van der Waals surface area contributed by atoms with Crippen molar-refractivity contribution in [2.24, 2.45) is 0 Å². The van der Waals surface area contributed by atoms with Gasteiger partial charge in [0.2, 0.25) is 0 Å². The van der Waals surface area contributed by atoms with E-state index in [1.54, 1.807) is 18.2 Å². The van der Waals surface area contributed by atoms with E-state index >= 15 is 0 Å². The predicted octanol–water partition coefficient (Wildman–Crippen LogP) is 4.14. The van der Waals surface area contributed by atoms with Gasteiger partial charge in [-0.25, -0.2) is 12.2 Å². The molecule has 1 radical (unpaired) electrons. The van der Waals surface area contributed by atoms with Gasteiger partial charge in [-0.05, 0) is 0 Å². The number of hydrogen-bond donors (Lipinski definition) is 0. The van der Waals surface area contributed by atoms with Crippen LogP contribution in [0.4, 0.5) is 0 Å². The summed E-state index contributed by atoms with van der Waals surface area (Å²) < 4.78 is 0. The van der Waals surface area contributed by atoms with E-state index in [4.69, 9.17) is 6.58 Å². The van der Waals surface area contributed by atoms with Gasteiger partial charge in [-0.1, -0.05) is 45.1 Å². The Kier molecular flexibility index (Phi) is 52.8. The molecule has 0 nitrogen and oxygen atoms in total. The van der Waals surface area contributed by atoms with Gasteiger partial charge in [-0.15, -0.1) is 0 Å². The van der Waals surface area contributed by atoms with Crippen molar-refractivity contribution in [1.29, 1.82) is 0 Å². The Labute approximate surface area is 94.3 Å². The first kappa shape index (κ1) is 22.9. The molecule has 0 aromatic carbocycles. The quantitative estimate of drug-likeness (QED) is 0.496. The summed E-state index contributed by atoms with van der Waals surface area (Å²) in [5, 5.41) is 0. The van der Waals surface area contributed by atoms with E-state index in [1.165, 1.54) is 6.42 Å². The smallest absolute Gasteiger partial charge is 0.358 e. The molecule has 0 atom stereocenters. The summed E-state index contributed by atoms with van der Waals surface area (Å²) in [6.45, 7) is 13.9. The van der Waals surface area contributed by atoms with Gasteiger partial charge in [0.25, 0.3) is 0 Å². The van der Waals surface area contributed by atoms with Gasteiger partial charge in [0.05, 0.1) is 0 Å². The van der Waals surface area contributed by atoms with Crippen molar-refractivity contribution in [2.45, 2.75) is 19.8 Å². The summed E-state index contributed by atoms with van der Waals surface area (Å²) in [7, 11) is 0. The summed E-state index contributed by atoms with van der Waals surface area (Å²) in [4.78, 5) is 0. The monoisotopic (exact) mass is 223 g/mol. The van der Waals surface area contributed by atoms with E-state index in [9.17, 15) is 0 Å². The molecule has 0 rings (SSSR count). The van der Waals surface area contributed by atoms with Gasteiger partial charge in [-0.3, -0.25) is 6.58 Å². The van der Waals surface area contributed by atoms with Crippen molar-refractivity contribution in [3.63, 3.8) is 0 Å². The summed E-state index contributed by atoms with van der Waals surface area (Å²) in [5.41, 5.74) is 0. The molecule has 0 spiro atoms. The van der Waals surface area contributed by atoms with E-state index in [0.29, 0.717) is 0 Å². The molecule has 0 amide bonds.